The van der Waals surface area contributed by atoms with E-state index in [-0.39, 0.29) is 23.8 Å². The third-order valence-electron chi connectivity index (χ3n) is 4.32. The summed E-state index contributed by atoms with van der Waals surface area (Å²) in [6, 6.07) is 14.3. The van der Waals surface area contributed by atoms with Crippen molar-refractivity contribution >= 4 is 22.7 Å². The molecule has 4 rings (SSSR count). The van der Waals surface area contributed by atoms with Gasteiger partial charge in [-0.1, -0.05) is 30.3 Å². The molecule has 3 aromatic rings. The summed E-state index contributed by atoms with van der Waals surface area (Å²) in [6.07, 6.45) is 2.37. The molecule has 1 aromatic heterocycles. The number of phenolic OH excluding ortho intramolecular Hbond substituents is 1. The quantitative estimate of drug-likeness (QED) is 0.301. The zero-order valence-electron chi connectivity index (χ0n) is 14.1. The first kappa shape index (κ1) is 17.1. The highest BCUT2D eigenvalue weighted by molar-refractivity contribution is 6.02. The van der Waals surface area contributed by atoms with E-state index in [1.165, 1.54) is 12.3 Å². The molecule has 1 fully saturated rings. The Kier molecular flexibility index (Phi) is 4.49. The number of hydrogen-bond donors (Lipinski definition) is 2. The van der Waals surface area contributed by atoms with Crippen LogP contribution in [0.2, 0.25) is 0 Å². The summed E-state index contributed by atoms with van der Waals surface area (Å²) in [4.78, 5) is 18.5. The molecular formula is C19H16N4O4. The van der Waals surface area contributed by atoms with Gasteiger partial charge in [0.15, 0.2) is 0 Å². The molecule has 136 valence electrons. The molecule has 0 amide bonds. The maximum atomic E-state index is 10.6. The van der Waals surface area contributed by atoms with Gasteiger partial charge in [-0.05, 0) is 22.9 Å². The fraction of sp³-hybridized carbons (Fsp3) is 0.158. The molecule has 1 saturated heterocycles. The number of ether oxygens (including phenoxy) is 1. The average molecular weight is 364 g/mol. The second kappa shape index (κ2) is 7.10. The van der Waals surface area contributed by atoms with Crippen molar-refractivity contribution < 1.29 is 14.8 Å². The van der Waals surface area contributed by atoms with E-state index < -0.39 is 4.92 Å². The Labute approximate surface area is 154 Å². The van der Waals surface area contributed by atoms with Crippen LogP contribution in [-0.4, -0.2) is 34.1 Å². The predicted octanol–water partition coefficient (Wildman–Crippen LogP) is 2.91. The van der Waals surface area contributed by atoms with Crippen molar-refractivity contribution in [2.45, 2.75) is 12.3 Å². The number of fused-ring (bicyclic) bond motifs is 1. The van der Waals surface area contributed by atoms with Crippen LogP contribution in [0.4, 0.5) is 5.69 Å². The third kappa shape index (κ3) is 3.62. The lowest BCUT2D eigenvalue weighted by molar-refractivity contribution is -0.385. The third-order valence-corrected chi connectivity index (χ3v) is 4.32. The number of rotatable bonds is 6. The topological polar surface area (TPSA) is 113 Å². The van der Waals surface area contributed by atoms with Crippen LogP contribution < -0.4 is 5.32 Å². The minimum atomic E-state index is -0.488. The average Bonchev–Trinajstić information content (AvgIpc) is 3.46. The van der Waals surface area contributed by atoms with Gasteiger partial charge in [0.25, 0.3) is 5.69 Å². The van der Waals surface area contributed by atoms with E-state index in [1.54, 1.807) is 18.3 Å². The number of nitro groups is 1. The molecule has 27 heavy (non-hydrogen) atoms. The Morgan fingerprint density at radius 2 is 2.11 bits per heavy atom. The van der Waals surface area contributed by atoms with Gasteiger partial charge in [0.1, 0.15) is 24.3 Å². The maximum Gasteiger partial charge on any atom is 0.287 e. The lowest BCUT2D eigenvalue weighted by atomic mass is 10.0. The van der Waals surface area contributed by atoms with E-state index in [4.69, 9.17) is 4.74 Å². The smallest absolute Gasteiger partial charge is 0.287 e. The summed E-state index contributed by atoms with van der Waals surface area (Å²) in [5.74, 6) is 0.174. The number of aliphatic imine (C=N–C) groups is 1. The van der Waals surface area contributed by atoms with Gasteiger partial charge in [-0.2, -0.15) is 0 Å². The molecule has 0 saturated carbocycles. The van der Waals surface area contributed by atoms with Crippen LogP contribution in [0.1, 0.15) is 17.4 Å². The molecule has 2 atom stereocenters. The summed E-state index contributed by atoms with van der Waals surface area (Å²) < 4.78 is 5.48. The van der Waals surface area contributed by atoms with E-state index in [0.29, 0.717) is 17.9 Å². The number of nitrogens with one attached hydrogen (secondary N) is 1. The van der Waals surface area contributed by atoms with Crippen molar-refractivity contribution in [3.8, 4) is 5.75 Å². The molecule has 8 heteroatoms. The number of epoxide rings is 1. The normalized spacial score (nSPS) is 18.8. The fourth-order valence-corrected chi connectivity index (χ4v) is 2.87. The van der Waals surface area contributed by atoms with E-state index >= 15 is 0 Å². The first-order valence-electron chi connectivity index (χ1n) is 8.33. The Hall–Kier alpha value is -3.36. The lowest BCUT2D eigenvalue weighted by Gasteiger charge is -2.04. The van der Waals surface area contributed by atoms with Gasteiger partial charge < -0.3 is 9.84 Å². The van der Waals surface area contributed by atoms with Crippen molar-refractivity contribution in [1.82, 2.24) is 10.3 Å². The zero-order valence-corrected chi connectivity index (χ0v) is 14.1. The Morgan fingerprint density at radius 1 is 1.26 bits per heavy atom. The molecule has 0 spiro atoms. The first-order chi connectivity index (χ1) is 13.1. The number of pyridine rings is 1. The van der Waals surface area contributed by atoms with Gasteiger partial charge in [0, 0.05) is 17.8 Å². The molecule has 0 radical (unpaired) electrons. The number of phenols is 1. The monoisotopic (exact) mass is 364 g/mol. The lowest BCUT2D eigenvalue weighted by Crippen LogP contribution is -2.18. The second-order valence-corrected chi connectivity index (χ2v) is 6.07. The minimum Gasteiger partial charge on any atom is -0.507 e. The van der Waals surface area contributed by atoms with E-state index in [9.17, 15) is 15.2 Å². The van der Waals surface area contributed by atoms with Crippen LogP contribution in [-0.2, 0) is 4.74 Å². The highest BCUT2D eigenvalue weighted by Gasteiger charge is 2.41. The summed E-state index contributed by atoms with van der Waals surface area (Å²) in [7, 11) is 0. The molecule has 8 nitrogen and oxygen atoms in total. The number of benzene rings is 2. The number of aromatic hydroxyl groups is 1. The molecule has 1 aliphatic heterocycles. The van der Waals surface area contributed by atoms with Crippen molar-refractivity contribution in [3.05, 3.63) is 76.1 Å². The van der Waals surface area contributed by atoms with Crippen LogP contribution in [0.5, 0.6) is 5.75 Å². The summed E-state index contributed by atoms with van der Waals surface area (Å²) >= 11 is 0. The number of nitrogens with zero attached hydrogens (tertiary/aromatic N) is 3. The predicted molar refractivity (Wildman–Crippen MR) is 99.7 cm³/mol. The SMILES string of the molecule is O=[N+]([O-])c1ccc(C2OC2NC/N=C/c2c(O)ccc3ccccc23)nc1. The second-order valence-electron chi connectivity index (χ2n) is 6.07. The van der Waals surface area contributed by atoms with Crippen molar-refractivity contribution in [3.63, 3.8) is 0 Å². The first-order valence-corrected chi connectivity index (χ1v) is 8.33. The van der Waals surface area contributed by atoms with Gasteiger partial charge >= 0.3 is 0 Å². The highest BCUT2D eigenvalue weighted by Crippen LogP contribution is 2.35. The van der Waals surface area contributed by atoms with E-state index in [1.807, 2.05) is 30.3 Å². The minimum absolute atomic E-state index is 0.0524. The molecule has 2 aromatic carbocycles. The Balaban J connectivity index is 1.36. The Bertz CT molecular complexity index is 1020. The van der Waals surface area contributed by atoms with E-state index in [0.717, 1.165) is 10.8 Å². The highest BCUT2D eigenvalue weighted by atomic mass is 16.6. The molecule has 0 bridgehead atoms. The van der Waals surface area contributed by atoms with E-state index in [2.05, 4.69) is 15.3 Å². The van der Waals surface area contributed by atoms with Crippen molar-refractivity contribution in [2.75, 3.05) is 6.67 Å². The largest absolute Gasteiger partial charge is 0.507 e. The summed E-state index contributed by atoms with van der Waals surface area (Å²) in [6.45, 7) is 0.302. The molecule has 2 unspecified atom stereocenters. The van der Waals surface area contributed by atoms with Crippen LogP contribution >= 0.6 is 0 Å². The van der Waals surface area contributed by atoms with Crippen molar-refractivity contribution in [2.24, 2.45) is 4.99 Å². The maximum absolute atomic E-state index is 10.6. The summed E-state index contributed by atoms with van der Waals surface area (Å²) in [5.41, 5.74) is 1.25. The van der Waals surface area contributed by atoms with Crippen LogP contribution in [0.25, 0.3) is 10.8 Å². The van der Waals surface area contributed by atoms with Crippen LogP contribution in [0.3, 0.4) is 0 Å². The van der Waals surface area contributed by atoms with Gasteiger partial charge in [-0.3, -0.25) is 25.4 Å². The van der Waals surface area contributed by atoms with Crippen LogP contribution in [0, 0.1) is 10.1 Å². The van der Waals surface area contributed by atoms with Crippen molar-refractivity contribution in [1.29, 1.82) is 0 Å². The number of aromatic nitrogens is 1. The fourth-order valence-electron chi connectivity index (χ4n) is 2.87. The van der Waals surface area contributed by atoms with Gasteiger partial charge in [-0.25, -0.2) is 0 Å². The zero-order chi connectivity index (χ0) is 18.8. The number of hydrogen-bond acceptors (Lipinski definition) is 7. The van der Waals surface area contributed by atoms with Gasteiger partial charge in [-0.15, -0.1) is 0 Å². The molecule has 2 N–H and O–H groups in total. The molecule has 2 heterocycles. The van der Waals surface area contributed by atoms with Gasteiger partial charge in [0.2, 0.25) is 0 Å². The molecular weight excluding hydrogens is 348 g/mol. The Morgan fingerprint density at radius 3 is 2.89 bits per heavy atom. The molecule has 1 aliphatic rings. The molecule has 0 aliphatic carbocycles. The standard InChI is InChI=1S/C19H16N4O4/c24-17-8-5-12-3-1-2-4-14(12)15(17)10-20-11-22-19-18(27-19)16-7-6-13(9-21-16)23(25)26/h1-10,18-19,22,24H,11H2/b20-10+. The van der Waals surface area contributed by atoms with Gasteiger partial charge in [0.05, 0.1) is 17.3 Å². The van der Waals surface area contributed by atoms with Crippen LogP contribution in [0.15, 0.2) is 59.7 Å². The summed E-state index contributed by atoms with van der Waals surface area (Å²) in [5, 5.41) is 25.8.